The summed E-state index contributed by atoms with van der Waals surface area (Å²) < 4.78 is 1.82. The van der Waals surface area contributed by atoms with E-state index in [-0.39, 0.29) is 5.54 Å². The van der Waals surface area contributed by atoms with Crippen LogP contribution in [0.4, 0.5) is 0 Å². The van der Waals surface area contributed by atoms with E-state index in [4.69, 9.17) is 5.73 Å². The molecule has 0 unspecified atom stereocenters. The summed E-state index contributed by atoms with van der Waals surface area (Å²) in [6.07, 6.45) is 3.68. The molecule has 0 aliphatic rings. The zero-order chi connectivity index (χ0) is 14.6. The lowest BCUT2D eigenvalue weighted by Crippen LogP contribution is -2.44. The minimum atomic E-state index is -0.0719. The van der Waals surface area contributed by atoms with Crippen molar-refractivity contribution in [3.05, 3.63) is 48.3 Å². The molecule has 0 fully saturated rings. The zero-order valence-electron chi connectivity index (χ0n) is 12.2. The molecule has 1 heterocycles. The molecule has 0 atom stereocenters. The highest BCUT2D eigenvalue weighted by atomic mass is 15.3. The first-order chi connectivity index (χ1) is 9.44. The highest BCUT2D eigenvalue weighted by Gasteiger charge is 2.09. The first-order valence-corrected chi connectivity index (χ1v) is 6.61. The zero-order valence-corrected chi connectivity index (χ0v) is 12.2. The topological polar surface area (TPSA) is 68.2 Å². The van der Waals surface area contributed by atoms with Crippen LogP contribution in [0.15, 0.2) is 47.7 Å². The van der Waals surface area contributed by atoms with E-state index in [1.54, 1.807) is 6.20 Å². The van der Waals surface area contributed by atoms with Gasteiger partial charge in [0.2, 0.25) is 0 Å². The van der Waals surface area contributed by atoms with Crippen molar-refractivity contribution in [3.8, 4) is 5.69 Å². The first-order valence-electron chi connectivity index (χ1n) is 6.61. The van der Waals surface area contributed by atoms with Crippen molar-refractivity contribution >= 4 is 5.96 Å². The Kier molecular flexibility index (Phi) is 4.08. The van der Waals surface area contributed by atoms with Gasteiger partial charge in [0.05, 0.1) is 12.2 Å². The van der Waals surface area contributed by atoms with Gasteiger partial charge in [0.25, 0.3) is 0 Å². The lowest BCUT2D eigenvalue weighted by atomic mass is 10.1. The van der Waals surface area contributed by atoms with E-state index in [1.807, 2.05) is 62.0 Å². The van der Waals surface area contributed by atoms with Gasteiger partial charge in [-0.25, -0.2) is 9.67 Å². The summed E-state index contributed by atoms with van der Waals surface area (Å²) in [5.74, 6) is 0.466. The number of aromatic nitrogens is 2. The van der Waals surface area contributed by atoms with Gasteiger partial charge in [-0.05, 0) is 44.5 Å². The molecular formula is C15H21N5. The van der Waals surface area contributed by atoms with Crippen molar-refractivity contribution in [2.75, 3.05) is 0 Å². The van der Waals surface area contributed by atoms with Gasteiger partial charge in [-0.2, -0.15) is 5.10 Å². The predicted octanol–water partition coefficient (Wildman–Crippen LogP) is 2.08. The Hall–Kier alpha value is -2.30. The fraction of sp³-hybridized carbons (Fsp3) is 0.333. The maximum atomic E-state index is 5.84. The van der Waals surface area contributed by atoms with Gasteiger partial charge in [-0.1, -0.05) is 12.1 Å². The van der Waals surface area contributed by atoms with E-state index in [0.29, 0.717) is 12.5 Å². The van der Waals surface area contributed by atoms with Crippen LogP contribution in [0.3, 0.4) is 0 Å². The molecule has 106 valence electrons. The number of hydrogen-bond donors (Lipinski definition) is 2. The molecule has 20 heavy (non-hydrogen) atoms. The van der Waals surface area contributed by atoms with Gasteiger partial charge < -0.3 is 11.1 Å². The fourth-order valence-corrected chi connectivity index (χ4v) is 1.78. The van der Waals surface area contributed by atoms with E-state index in [1.165, 1.54) is 0 Å². The van der Waals surface area contributed by atoms with Gasteiger partial charge in [-0.15, -0.1) is 0 Å². The summed E-state index contributed by atoms with van der Waals surface area (Å²) >= 11 is 0. The van der Waals surface area contributed by atoms with Crippen LogP contribution in [0.25, 0.3) is 5.69 Å². The molecule has 2 rings (SSSR count). The Labute approximate surface area is 119 Å². The Morgan fingerprint density at radius 3 is 2.55 bits per heavy atom. The summed E-state index contributed by atoms with van der Waals surface area (Å²) in [6.45, 7) is 6.71. The normalized spacial score (nSPS) is 12.4. The fourth-order valence-electron chi connectivity index (χ4n) is 1.78. The Balaban J connectivity index is 1.99. The minimum Gasteiger partial charge on any atom is -0.370 e. The minimum absolute atomic E-state index is 0.0719. The van der Waals surface area contributed by atoms with E-state index in [9.17, 15) is 0 Å². The van der Waals surface area contributed by atoms with Gasteiger partial charge in [0, 0.05) is 17.9 Å². The monoisotopic (exact) mass is 271 g/mol. The maximum absolute atomic E-state index is 5.84. The molecule has 3 N–H and O–H groups in total. The molecule has 1 aromatic heterocycles. The molecule has 0 aliphatic carbocycles. The Bertz CT molecular complexity index is 561. The molecule has 0 amide bonds. The van der Waals surface area contributed by atoms with Crippen LogP contribution in [0, 0.1) is 0 Å². The smallest absolute Gasteiger partial charge is 0.189 e. The molecular weight excluding hydrogens is 250 g/mol. The van der Waals surface area contributed by atoms with E-state index in [2.05, 4.69) is 15.4 Å². The summed E-state index contributed by atoms with van der Waals surface area (Å²) in [5.41, 5.74) is 7.91. The second-order valence-corrected chi connectivity index (χ2v) is 5.69. The van der Waals surface area contributed by atoms with Crippen LogP contribution < -0.4 is 11.1 Å². The van der Waals surface area contributed by atoms with Crippen LogP contribution in [0.5, 0.6) is 0 Å². The summed E-state index contributed by atoms with van der Waals surface area (Å²) in [5, 5.41) is 7.33. The molecule has 5 heteroatoms. The van der Waals surface area contributed by atoms with Crippen molar-refractivity contribution in [1.82, 2.24) is 15.1 Å². The third-order valence-electron chi connectivity index (χ3n) is 2.64. The van der Waals surface area contributed by atoms with Crippen LogP contribution in [0.2, 0.25) is 0 Å². The number of rotatable bonds is 3. The standard InChI is InChI=1S/C15H21N5/c1-15(2,3)19-14(16)17-11-12-5-7-13(8-6-12)20-10-4-9-18-20/h4-10H,11H2,1-3H3,(H3,16,17,19). The average Bonchev–Trinajstić information content (AvgIpc) is 2.89. The van der Waals surface area contributed by atoms with E-state index < -0.39 is 0 Å². The highest BCUT2D eigenvalue weighted by Crippen LogP contribution is 2.09. The number of nitrogens with two attached hydrogens (primary N) is 1. The number of benzene rings is 1. The highest BCUT2D eigenvalue weighted by molar-refractivity contribution is 5.78. The van der Waals surface area contributed by atoms with Gasteiger partial charge >= 0.3 is 0 Å². The lowest BCUT2D eigenvalue weighted by molar-refractivity contribution is 0.508. The predicted molar refractivity (Wildman–Crippen MR) is 81.8 cm³/mol. The molecule has 0 spiro atoms. The van der Waals surface area contributed by atoms with Crippen molar-refractivity contribution in [3.63, 3.8) is 0 Å². The SMILES string of the molecule is CC(C)(C)NC(N)=NCc1ccc(-n2cccn2)cc1. The van der Waals surface area contributed by atoms with Crippen molar-refractivity contribution in [1.29, 1.82) is 0 Å². The Morgan fingerprint density at radius 1 is 1.30 bits per heavy atom. The van der Waals surface area contributed by atoms with Gasteiger partial charge in [0.1, 0.15) is 0 Å². The number of nitrogens with zero attached hydrogens (tertiary/aromatic N) is 3. The number of nitrogens with one attached hydrogen (secondary N) is 1. The van der Waals surface area contributed by atoms with E-state index >= 15 is 0 Å². The quantitative estimate of drug-likeness (QED) is 0.663. The summed E-state index contributed by atoms with van der Waals surface area (Å²) in [4.78, 5) is 4.33. The second kappa shape index (κ2) is 5.77. The average molecular weight is 271 g/mol. The van der Waals surface area contributed by atoms with Gasteiger partial charge in [-0.3, -0.25) is 0 Å². The Morgan fingerprint density at radius 2 is 2.00 bits per heavy atom. The van der Waals surface area contributed by atoms with Crippen LogP contribution in [0.1, 0.15) is 26.3 Å². The van der Waals surface area contributed by atoms with Gasteiger partial charge in [0.15, 0.2) is 5.96 Å². The molecule has 0 bridgehead atoms. The molecule has 1 aromatic carbocycles. The molecule has 5 nitrogen and oxygen atoms in total. The number of hydrogen-bond acceptors (Lipinski definition) is 2. The summed E-state index contributed by atoms with van der Waals surface area (Å²) in [6, 6.07) is 10.0. The van der Waals surface area contributed by atoms with Crippen LogP contribution in [-0.4, -0.2) is 21.3 Å². The van der Waals surface area contributed by atoms with Crippen molar-refractivity contribution < 1.29 is 0 Å². The van der Waals surface area contributed by atoms with Crippen molar-refractivity contribution in [2.24, 2.45) is 10.7 Å². The third-order valence-corrected chi connectivity index (χ3v) is 2.64. The maximum Gasteiger partial charge on any atom is 0.189 e. The lowest BCUT2D eigenvalue weighted by Gasteiger charge is -2.20. The molecule has 0 saturated carbocycles. The largest absolute Gasteiger partial charge is 0.370 e. The number of guanidine groups is 1. The third kappa shape index (κ3) is 4.12. The van der Waals surface area contributed by atoms with Crippen LogP contribution >= 0.6 is 0 Å². The van der Waals surface area contributed by atoms with E-state index in [0.717, 1.165) is 11.3 Å². The summed E-state index contributed by atoms with van der Waals surface area (Å²) in [7, 11) is 0. The second-order valence-electron chi connectivity index (χ2n) is 5.69. The molecule has 0 radical (unpaired) electrons. The van der Waals surface area contributed by atoms with Crippen LogP contribution in [-0.2, 0) is 6.54 Å². The number of aliphatic imine (C=N–C) groups is 1. The van der Waals surface area contributed by atoms with Crippen molar-refractivity contribution in [2.45, 2.75) is 32.9 Å². The first kappa shape index (κ1) is 14.1. The molecule has 2 aromatic rings. The molecule has 0 aliphatic heterocycles. The molecule has 0 saturated heterocycles.